The van der Waals surface area contributed by atoms with Gasteiger partial charge in [0, 0.05) is 22.9 Å². The van der Waals surface area contributed by atoms with E-state index in [0.717, 1.165) is 22.4 Å². The van der Waals surface area contributed by atoms with Crippen molar-refractivity contribution in [1.82, 2.24) is 4.98 Å². The molecule has 5 nitrogen and oxygen atoms in total. The van der Waals surface area contributed by atoms with Gasteiger partial charge in [-0.05, 0) is 69.3 Å². The smallest absolute Gasteiger partial charge is 0.255 e. The summed E-state index contributed by atoms with van der Waals surface area (Å²) in [5, 5.41) is 2.90. The van der Waals surface area contributed by atoms with Crippen molar-refractivity contribution in [2.75, 3.05) is 5.32 Å². The van der Waals surface area contributed by atoms with E-state index in [2.05, 4.69) is 10.3 Å². The first-order valence-electron chi connectivity index (χ1n) is 9.53. The number of carbonyl (C=O) groups excluding carboxylic acids is 1. The van der Waals surface area contributed by atoms with Crippen molar-refractivity contribution in [3.63, 3.8) is 0 Å². The molecule has 29 heavy (non-hydrogen) atoms. The van der Waals surface area contributed by atoms with Crippen molar-refractivity contribution >= 4 is 22.7 Å². The van der Waals surface area contributed by atoms with E-state index in [0.29, 0.717) is 22.7 Å². The van der Waals surface area contributed by atoms with Gasteiger partial charge in [-0.1, -0.05) is 17.7 Å². The minimum absolute atomic E-state index is 0.0907. The van der Waals surface area contributed by atoms with Gasteiger partial charge >= 0.3 is 0 Å². The minimum Gasteiger partial charge on any atom is -0.491 e. The Balaban J connectivity index is 1.53. The lowest BCUT2D eigenvalue weighted by Crippen LogP contribution is -2.12. The molecular weight excluding hydrogens is 364 g/mol. The van der Waals surface area contributed by atoms with E-state index >= 15 is 0 Å². The van der Waals surface area contributed by atoms with Crippen LogP contribution in [0.15, 0.2) is 71.1 Å². The molecule has 1 N–H and O–H groups in total. The van der Waals surface area contributed by atoms with E-state index in [4.69, 9.17) is 9.15 Å². The fraction of sp³-hybridized carbons (Fsp3) is 0.167. The summed E-state index contributed by atoms with van der Waals surface area (Å²) in [6, 6.07) is 20.5. The number of nitrogens with one attached hydrogen (secondary N) is 1. The second-order valence-electron chi connectivity index (χ2n) is 7.22. The second-order valence-corrected chi connectivity index (χ2v) is 7.22. The van der Waals surface area contributed by atoms with Crippen molar-refractivity contribution in [1.29, 1.82) is 0 Å². The van der Waals surface area contributed by atoms with E-state index in [1.54, 1.807) is 30.3 Å². The van der Waals surface area contributed by atoms with Gasteiger partial charge in [-0.25, -0.2) is 4.98 Å². The highest BCUT2D eigenvalue weighted by Gasteiger charge is 2.11. The summed E-state index contributed by atoms with van der Waals surface area (Å²) in [7, 11) is 0. The third kappa shape index (κ3) is 4.29. The minimum atomic E-state index is -0.195. The Morgan fingerprint density at radius 1 is 1.03 bits per heavy atom. The molecule has 0 aliphatic heterocycles. The molecule has 0 atom stereocenters. The van der Waals surface area contributed by atoms with E-state index in [1.165, 1.54) is 0 Å². The standard InChI is InChI=1S/C24H22N2O3/c1-15(2)28-20-10-7-17(8-11-20)23(27)25-19-9-12-21-22(14-19)29-24(26-21)18-6-4-5-16(3)13-18/h4-15H,1-3H3,(H,25,27). The molecule has 146 valence electrons. The molecule has 0 spiro atoms. The average molecular weight is 386 g/mol. The number of hydrogen-bond acceptors (Lipinski definition) is 4. The molecule has 1 amide bonds. The van der Waals surface area contributed by atoms with Crippen LogP contribution < -0.4 is 10.1 Å². The van der Waals surface area contributed by atoms with E-state index < -0.39 is 0 Å². The molecule has 1 heterocycles. The van der Waals surface area contributed by atoms with E-state index in [1.807, 2.05) is 57.2 Å². The number of aromatic nitrogens is 1. The number of ether oxygens (including phenoxy) is 1. The number of amides is 1. The first kappa shape index (κ1) is 18.7. The highest BCUT2D eigenvalue weighted by molar-refractivity contribution is 6.05. The summed E-state index contributed by atoms with van der Waals surface area (Å²) in [6.07, 6.45) is 0.0907. The number of fused-ring (bicyclic) bond motifs is 1. The lowest BCUT2D eigenvalue weighted by molar-refractivity contribution is 0.102. The predicted octanol–water partition coefficient (Wildman–Crippen LogP) is 5.84. The van der Waals surface area contributed by atoms with E-state index in [-0.39, 0.29) is 12.0 Å². The van der Waals surface area contributed by atoms with Gasteiger partial charge in [0.05, 0.1) is 6.10 Å². The number of rotatable bonds is 5. The predicted molar refractivity (Wildman–Crippen MR) is 114 cm³/mol. The fourth-order valence-electron chi connectivity index (χ4n) is 3.06. The number of anilines is 1. The van der Waals surface area contributed by atoms with Gasteiger partial charge in [-0.15, -0.1) is 0 Å². The summed E-state index contributed by atoms with van der Waals surface area (Å²) in [4.78, 5) is 17.1. The maximum Gasteiger partial charge on any atom is 0.255 e. The lowest BCUT2D eigenvalue weighted by atomic mass is 10.1. The number of benzene rings is 3. The quantitative estimate of drug-likeness (QED) is 0.468. The largest absolute Gasteiger partial charge is 0.491 e. The van der Waals surface area contributed by atoms with Crippen molar-refractivity contribution in [3.05, 3.63) is 77.9 Å². The van der Waals surface area contributed by atoms with Gasteiger partial charge in [0.25, 0.3) is 5.91 Å². The maximum atomic E-state index is 12.5. The van der Waals surface area contributed by atoms with Crippen LogP contribution in [0.1, 0.15) is 29.8 Å². The summed E-state index contributed by atoms with van der Waals surface area (Å²) in [5.74, 6) is 1.11. The summed E-state index contributed by atoms with van der Waals surface area (Å²) in [6.45, 7) is 5.95. The molecule has 0 saturated heterocycles. The van der Waals surface area contributed by atoms with Gasteiger partial charge in [0.2, 0.25) is 5.89 Å². The Morgan fingerprint density at radius 3 is 2.55 bits per heavy atom. The van der Waals surface area contributed by atoms with Crippen molar-refractivity contribution < 1.29 is 13.9 Å². The highest BCUT2D eigenvalue weighted by Crippen LogP contribution is 2.27. The Morgan fingerprint density at radius 2 is 1.83 bits per heavy atom. The van der Waals surface area contributed by atoms with Crippen LogP contribution >= 0.6 is 0 Å². The maximum absolute atomic E-state index is 12.5. The van der Waals surface area contributed by atoms with Crippen LogP contribution in [-0.4, -0.2) is 17.0 Å². The van der Waals surface area contributed by atoms with Crippen LogP contribution in [0.2, 0.25) is 0 Å². The monoisotopic (exact) mass is 386 g/mol. The molecule has 4 aromatic rings. The fourth-order valence-corrected chi connectivity index (χ4v) is 3.06. The third-order valence-corrected chi connectivity index (χ3v) is 4.40. The van der Waals surface area contributed by atoms with E-state index in [9.17, 15) is 4.79 Å². The van der Waals surface area contributed by atoms with Crippen molar-refractivity contribution in [2.24, 2.45) is 0 Å². The number of aryl methyl sites for hydroxylation is 1. The Labute approximate surface area is 169 Å². The molecular formula is C24H22N2O3. The molecule has 0 aliphatic carbocycles. The third-order valence-electron chi connectivity index (χ3n) is 4.40. The zero-order valence-electron chi connectivity index (χ0n) is 16.6. The van der Waals surface area contributed by atoms with Crippen LogP contribution in [0.4, 0.5) is 5.69 Å². The van der Waals surface area contributed by atoms with Crippen molar-refractivity contribution in [2.45, 2.75) is 26.9 Å². The van der Waals surface area contributed by atoms with Gasteiger partial charge in [0.1, 0.15) is 11.3 Å². The highest BCUT2D eigenvalue weighted by atomic mass is 16.5. The number of oxazole rings is 1. The number of carbonyl (C=O) groups is 1. The van der Waals surface area contributed by atoms with Crippen LogP contribution in [-0.2, 0) is 0 Å². The van der Waals surface area contributed by atoms with Crippen LogP contribution in [0, 0.1) is 6.92 Å². The first-order chi connectivity index (χ1) is 14.0. The molecule has 0 bridgehead atoms. The SMILES string of the molecule is Cc1cccc(-c2nc3ccc(NC(=O)c4ccc(OC(C)C)cc4)cc3o2)c1. The first-order valence-corrected chi connectivity index (χ1v) is 9.53. The lowest BCUT2D eigenvalue weighted by Gasteiger charge is -2.10. The Bertz CT molecular complexity index is 1160. The Kier molecular flexibility index (Phi) is 5.04. The normalized spacial score (nSPS) is 11.0. The van der Waals surface area contributed by atoms with Gasteiger partial charge in [-0.3, -0.25) is 4.79 Å². The number of hydrogen-bond donors (Lipinski definition) is 1. The summed E-state index contributed by atoms with van der Waals surface area (Å²) >= 11 is 0. The molecule has 0 radical (unpaired) electrons. The summed E-state index contributed by atoms with van der Waals surface area (Å²) < 4.78 is 11.5. The van der Waals surface area contributed by atoms with Gasteiger partial charge in [0.15, 0.2) is 5.58 Å². The molecule has 0 fully saturated rings. The topological polar surface area (TPSA) is 64.4 Å². The molecule has 0 saturated carbocycles. The zero-order valence-corrected chi connectivity index (χ0v) is 16.6. The Hall–Kier alpha value is -3.60. The zero-order chi connectivity index (χ0) is 20.4. The van der Waals surface area contributed by atoms with Gasteiger partial charge < -0.3 is 14.5 Å². The molecule has 5 heteroatoms. The summed E-state index contributed by atoms with van der Waals surface area (Å²) in [5.41, 5.74) is 4.64. The second kappa shape index (κ2) is 7.80. The molecule has 0 unspecified atom stereocenters. The average Bonchev–Trinajstić information content (AvgIpc) is 3.11. The molecule has 0 aliphatic rings. The van der Waals surface area contributed by atoms with Crippen LogP contribution in [0.3, 0.4) is 0 Å². The van der Waals surface area contributed by atoms with Crippen molar-refractivity contribution in [3.8, 4) is 17.2 Å². The van der Waals surface area contributed by atoms with Crippen LogP contribution in [0.25, 0.3) is 22.6 Å². The molecule has 1 aromatic heterocycles. The van der Waals surface area contributed by atoms with Gasteiger partial charge in [-0.2, -0.15) is 0 Å². The number of nitrogens with zero attached hydrogens (tertiary/aromatic N) is 1. The molecule has 3 aromatic carbocycles. The molecule has 4 rings (SSSR count). The van der Waals surface area contributed by atoms with Crippen LogP contribution in [0.5, 0.6) is 5.75 Å².